The molecule has 0 heterocycles. The van der Waals surface area contributed by atoms with Crippen LogP contribution in [0.4, 0.5) is 0 Å². The van der Waals surface area contributed by atoms with Crippen molar-refractivity contribution in [1.82, 2.24) is 4.31 Å². The van der Waals surface area contributed by atoms with Gasteiger partial charge in [-0.2, -0.15) is 9.57 Å². The van der Waals surface area contributed by atoms with Gasteiger partial charge in [-0.3, -0.25) is 4.79 Å². The Bertz CT molecular complexity index is 614. The lowest BCUT2D eigenvalue weighted by atomic mass is 10.2. The molecule has 0 bridgehead atoms. The Morgan fingerprint density at radius 1 is 1.42 bits per heavy atom. The zero-order valence-electron chi connectivity index (χ0n) is 9.98. The molecule has 100 valence electrons. The monoisotopic (exact) mass is 280 g/mol. The molecular weight excluding hydrogens is 268 g/mol. The number of nitrogens with zero attached hydrogens (tertiary/aromatic N) is 2. The molecule has 0 aliphatic heterocycles. The number of aliphatic carboxylic acids is 1. The van der Waals surface area contributed by atoms with Crippen LogP contribution in [-0.2, 0) is 14.8 Å². The fourth-order valence-electron chi connectivity index (χ4n) is 1.39. The topological polar surface area (TPSA) is 98.5 Å². The number of rotatable bonds is 6. The van der Waals surface area contributed by atoms with Crippen LogP contribution in [0, 0.1) is 11.3 Å². The molecule has 0 atom stereocenters. The normalized spacial score (nSPS) is 10.9. The summed E-state index contributed by atoms with van der Waals surface area (Å²) >= 11 is 0. The van der Waals surface area contributed by atoms with Crippen molar-refractivity contribution in [1.29, 1.82) is 5.26 Å². The van der Waals surface area contributed by atoms with Gasteiger partial charge in [0.15, 0.2) is 0 Å². The molecule has 7 heteroatoms. The van der Waals surface area contributed by atoms with E-state index < -0.39 is 22.5 Å². The van der Waals surface area contributed by atoms with E-state index in [-0.39, 0.29) is 11.4 Å². The minimum atomic E-state index is -3.91. The third-order valence-corrected chi connectivity index (χ3v) is 4.09. The summed E-state index contributed by atoms with van der Waals surface area (Å²) in [5, 5.41) is 17.4. The van der Waals surface area contributed by atoms with E-state index in [9.17, 15) is 13.2 Å². The number of sulfonamides is 1. The second-order valence-corrected chi connectivity index (χ2v) is 5.55. The summed E-state index contributed by atoms with van der Waals surface area (Å²) in [5.74, 6) is -1.25. The SMILES string of the molecule is C=CCN(CC(=O)O)S(=O)(=O)c1ccc(C#N)cc1. The first kappa shape index (κ1) is 14.9. The minimum absolute atomic E-state index is 0.0606. The highest BCUT2D eigenvalue weighted by molar-refractivity contribution is 7.89. The van der Waals surface area contributed by atoms with Crippen molar-refractivity contribution in [3.05, 3.63) is 42.5 Å². The highest BCUT2D eigenvalue weighted by Crippen LogP contribution is 2.16. The first-order valence-electron chi connectivity index (χ1n) is 5.25. The first-order valence-corrected chi connectivity index (χ1v) is 6.69. The van der Waals surface area contributed by atoms with E-state index in [0.717, 1.165) is 4.31 Å². The lowest BCUT2D eigenvalue weighted by Crippen LogP contribution is -2.35. The van der Waals surface area contributed by atoms with E-state index >= 15 is 0 Å². The van der Waals surface area contributed by atoms with E-state index in [1.807, 2.05) is 6.07 Å². The van der Waals surface area contributed by atoms with Crippen LogP contribution in [0.5, 0.6) is 0 Å². The van der Waals surface area contributed by atoms with Gasteiger partial charge < -0.3 is 5.11 Å². The van der Waals surface area contributed by atoms with Gasteiger partial charge in [0.1, 0.15) is 6.54 Å². The van der Waals surface area contributed by atoms with Gasteiger partial charge in [0, 0.05) is 6.54 Å². The lowest BCUT2D eigenvalue weighted by molar-refractivity contribution is -0.137. The third kappa shape index (κ3) is 3.64. The van der Waals surface area contributed by atoms with Crippen LogP contribution < -0.4 is 0 Å². The molecule has 0 aromatic heterocycles. The summed E-state index contributed by atoms with van der Waals surface area (Å²) in [7, 11) is -3.91. The highest BCUT2D eigenvalue weighted by Gasteiger charge is 2.25. The number of benzene rings is 1. The average molecular weight is 280 g/mol. The summed E-state index contributed by atoms with van der Waals surface area (Å²) in [6.07, 6.45) is 1.31. The van der Waals surface area contributed by atoms with Crippen molar-refractivity contribution in [2.24, 2.45) is 0 Å². The number of hydrogen-bond acceptors (Lipinski definition) is 4. The fourth-order valence-corrected chi connectivity index (χ4v) is 2.75. The summed E-state index contributed by atoms with van der Waals surface area (Å²) in [6.45, 7) is 2.65. The van der Waals surface area contributed by atoms with Crippen LogP contribution in [0.3, 0.4) is 0 Å². The Morgan fingerprint density at radius 2 is 2.00 bits per heavy atom. The Kier molecular flexibility index (Phi) is 4.80. The molecule has 1 N–H and O–H groups in total. The van der Waals surface area contributed by atoms with E-state index in [4.69, 9.17) is 10.4 Å². The van der Waals surface area contributed by atoms with Crippen molar-refractivity contribution >= 4 is 16.0 Å². The number of hydrogen-bond donors (Lipinski definition) is 1. The van der Waals surface area contributed by atoms with E-state index in [1.165, 1.54) is 30.3 Å². The summed E-state index contributed by atoms with van der Waals surface area (Å²) < 4.78 is 25.2. The van der Waals surface area contributed by atoms with Gasteiger partial charge in [0.25, 0.3) is 0 Å². The number of carboxylic acids is 1. The van der Waals surface area contributed by atoms with Crippen molar-refractivity contribution in [2.75, 3.05) is 13.1 Å². The van der Waals surface area contributed by atoms with Crippen LogP contribution in [0.25, 0.3) is 0 Å². The van der Waals surface area contributed by atoms with Crippen molar-refractivity contribution in [2.45, 2.75) is 4.90 Å². The van der Waals surface area contributed by atoms with Gasteiger partial charge in [-0.05, 0) is 24.3 Å². The van der Waals surface area contributed by atoms with Crippen molar-refractivity contribution in [3.63, 3.8) is 0 Å². The van der Waals surface area contributed by atoms with Crippen LogP contribution in [0.2, 0.25) is 0 Å². The quantitative estimate of drug-likeness (QED) is 0.778. The maximum atomic E-state index is 12.2. The number of carbonyl (C=O) groups is 1. The molecule has 0 aliphatic rings. The third-order valence-electron chi connectivity index (χ3n) is 2.27. The molecule has 0 aliphatic carbocycles. The molecule has 1 aromatic rings. The van der Waals surface area contributed by atoms with Crippen LogP contribution in [0.15, 0.2) is 41.8 Å². The van der Waals surface area contributed by atoms with Gasteiger partial charge in [0.05, 0.1) is 16.5 Å². The van der Waals surface area contributed by atoms with E-state index in [0.29, 0.717) is 5.56 Å². The molecule has 0 spiro atoms. The average Bonchev–Trinajstić information content (AvgIpc) is 2.38. The summed E-state index contributed by atoms with van der Waals surface area (Å²) in [5.41, 5.74) is 0.326. The summed E-state index contributed by atoms with van der Waals surface area (Å²) in [6, 6.07) is 7.13. The predicted molar refractivity (Wildman–Crippen MR) is 67.7 cm³/mol. The van der Waals surface area contributed by atoms with Crippen molar-refractivity contribution < 1.29 is 18.3 Å². The molecule has 19 heavy (non-hydrogen) atoms. The second-order valence-electron chi connectivity index (χ2n) is 3.62. The molecule has 0 radical (unpaired) electrons. The Hall–Kier alpha value is -2.17. The van der Waals surface area contributed by atoms with Gasteiger partial charge in [-0.15, -0.1) is 6.58 Å². The maximum absolute atomic E-state index is 12.2. The Balaban J connectivity index is 3.14. The standard InChI is InChI=1S/C12H12N2O4S/c1-2-7-14(9-12(15)16)19(17,18)11-5-3-10(8-13)4-6-11/h2-6H,1,7,9H2,(H,15,16). The molecule has 6 nitrogen and oxygen atoms in total. The van der Waals surface area contributed by atoms with Crippen molar-refractivity contribution in [3.8, 4) is 6.07 Å². The van der Waals surface area contributed by atoms with Crippen LogP contribution in [0.1, 0.15) is 5.56 Å². The molecule has 0 fully saturated rings. The molecule has 0 saturated heterocycles. The maximum Gasteiger partial charge on any atom is 0.318 e. The van der Waals surface area contributed by atoms with Gasteiger partial charge >= 0.3 is 5.97 Å². The second kappa shape index (κ2) is 6.13. The van der Waals surface area contributed by atoms with Gasteiger partial charge in [-0.25, -0.2) is 8.42 Å². The van der Waals surface area contributed by atoms with E-state index in [2.05, 4.69) is 6.58 Å². The molecule has 0 amide bonds. The van der Waals surface area contributed by atoms with E-state index in [1.54, 1.807) is 0 Å². The molecular formula is C12H12N2O4S. The smallest absolute Gasteiger partial charge is 0.318 e. The predicted octanol–water partition coefficient (Wildman–Crippen LogP) is 0.820. The first-order chi connectivity index (χ1) is 8.91. The molecule has 0 unspecified atom stereocenters. The Labute approximate surface area is 111 Å². The number of nitriles is 1. The zero-order valence-corrected chi connectivity index (χ0v) is 10.8. The largest absolute Gasteiger partial charge is 0.480 e. The van der Waals surface area contributed by atoms with Crippen LogP contribution >= 0.6 is 0 Å². The summed E-state index contributed by atoms with van der Waals surface area (Å²) in [4.78, 5) is 10.6. The fraction of sp³-hybridized carbons (Fsp3) is 0.167. The molecule has 0 saturated carbocycles. The minimum Gasteiger partial charge on any atom is -0.480 e. The molecule has 1 rings (SSSR count). The van der Waals surface area contributed by atoms with Gasteiger partial charge in [0.2, 0.25) is 10.0 Å². The number of carboxylic acid groups (broad SMARTS) is 1. The Morgan fingerprint density at radius 3 is 2.42 bits per heavy atom. The molecule has 1 aromatic carbocycles. The van der Waals surface area contributed by atoms with Crippen LogP contribution in [-0.4, -0.2) is 36.9 Å². The zero-order chi connectivity index (χ0) is 14.5. The van der Waals surface area contributed by atoms with Gasteiger partial charge in [-0.1, -0.05) is 6.08 Å². The lowest BCUT2D eigenvalue weighted by Gasteiger charge is -2.18. The highest BCUT2D eigenvalue weighted by atomic mass is 32.2.